The average Bonchev–Trinajstić information content (AvgIpc) is 2.75. The molecule has 1 fully saturated rings. The van der Waals surface area contributed by atoms with Crippen molar-refractivity contribution >= 4 is 11.8 Å². The van der Waals surface area contributed by atoms with Gasteiger partial charge in [-0.25, -0.2) is 4.98 Å². The minimum atomic E-state index is 0.0318. The fourth-order valence-electron chi connectivity index (χ4n) is 1.89. The van der Waals surface area contributed by atoms with Crippen LogP contribution in [0.5, 0.6) is 0 Å². The molecule has 2 rings (SSSR count). The second-order valence-corrected chi connectivity index (χ2v) is 5.19. The number of aromatic amines is 1. The van der Waals surface area contributed by atoms with E-state index < -0.39 is 0 Å². The van der Waals surface area contributed by atoms with E-state index in [-0.39, 0.29) is 5.56 Å². The summed E-state index contributed by atoms with van der Waals surface area (Å²) >= 11 is 1.90. The lowest BCUT2D eigenvalue weighted by Crippen LogP contribution is -2.18. The van der Waals surface area contributed by atoms with Crippen LogP contribution >= 0.6 is 11.8 Å². The lowest BCUT2D eigenvalue weighted by molar-refractivity contribution is 0.754. The van der Waals surface area contributed by atoms with Crippen molar-refractivity contribution in [3.8, 4) is 0 Å². The van der Waals surface area contributed by atoms with E-state index in [0.717, 1.165) is 29.9 Å². The second-order valence-electron chi connectivity index (χ2n) is 3.88. The molecule has 1 saturated heterocycles. The summed E-state index contributed by atoms with van der Waals surface area (Å²) < 4.78 is 0. The lowest BCUT2D eigenvalue weighted by Gasteiger charge is -2.10. The summed E-state index contributed by atoms with van der Waals surface area (Å²) in [6.07, 6.45) is 3.20. The lowest BCUT2D eigenvalue weighted by atomic mass is 10.2. The molecule has 1 aliphatic heterocycles. The zero-order valence-corrected chi connectivity index (χ0v) is 9.99. The minimum Gasteiger partial charge on any atom is -0.309 e. The van der Waals surface area contributed by atoms with Gasteiger partial charge in [-0.05, 0) is 31.9 Å². The number of thioether (sulfide) groups is 1. The van der Waals surface area contributed by atoms with Gasteiger partial charge in [0.2, 0.25) is 0 Å². The van der Waals surface area contributed by atoms with E-state index >= 15 is 0 Å². The van der Waals surface area contributed by atoms with Crippen molar-refractivity contribution in [1.82, 2.24) is 9.97 Å². The third-order valence-corrected chi connectivity index (χ3v) is 4.23. The fourth-order valence-corrected chi connectivity index (χ4v) is 3.11. The Hall–Kier alpha value is -0.770. The number of rotatable bonds is 2. The summed E-state index contributed by atoms with van der Waals surface area (Å²) in [5, 5.41) is 0.406. The smallest absolute Gasteiger partial charge is 0.254 e. The molecule has 1 atom stereocenters. The number of hydrogen-bond donors (Lipinski definition) is 1. The number of hydrogen-bond acceptors (Lipinski definition) is 3. The maximum absolute atomic E-state index is 11.7. The van der Waals surface area contributed by atoms with Crippen molar-refractivity contribution in [2.45, 2.75) is 38.4 Å². The topological polar surface area (TPSA) is 45.8 Å². The van der Waals surface area contributed by atoms with Crippen LogP contribution in [0.25, 0.3) is 0 Å². The molecule has 15 heavy (non-hydrogen) atoms. The highest BCUT2D eigenvalue weighted by Crippen LogP contribution is 2.37. The Morgan fingerprint density at radius 2 is 2.40 bits per heavy atom. The molecule has 2 heterocycles. The predicted molar refractivity (Wildman–Crippen MR) is 63.4 cm³/mol. The van der Waals surface area contributed by atoms with Crippen LogP contribution in [-0.4, -0.2) is 15.7 Å². The Morgan fingerprint density at radius 1 is 1.60 bits per heavy atom. The van der Waals surface area contributed by atoms with E-state index in [2.05, 4.69) is 9.97 Å². The van der Waals surface area contributed by atoms with Gasteiger partial charge in [-0.15, -0.1) is 0 Å². The summed E-state index contributed by atoms with van der Waals surface area (Å²) in [5.41, 5.74) is 1.75. The number of H-pyrrole nitrogens is 1. The maximum atomic E-state index is 11.7. The van der Waals surface area contributed by atoms with Crippen LogP contribution < -0.4 is 5.56 Å². The van der Waals surface area contributed by atoms with Crippen LogP contribution in [0.1, 0.15) is 42.1 Å². The van der Waals surface area contributed by atoms with E-state index in [1.165, 1.54) is 12.2 Å². The molecule has 1 N–H and O–H groups in total. The molecule has 0 amide bonds. The Balaban J connectivity index is 2.40. The van der Waals surface area contributed by atoms with Gasteiger partial charge in [0.05, 0.1) is 10.9 Å². The van der Waals surface area contributed by atoms with Crippen LogP contribution in [0.3, 0.4) is 0 Å². The molecular weight excluding hydrogens is 208 g/mol. The van der Waals surface area contributed by atoms with Gasteiger partial charge in [0.25, 0.3) is 5.56 Å². The zero-order chi connectivity index (χ0) is 10.8. The molecule has 0 bridgehead atoms. The Kier molecular flexibility index (Phi) is 3.14. The van der Waals surface area contributed by atoms with E-state index in [0.29, 0.717) is 5.25 Å². The highest BCUT2D eigenvalue weighted by atomic mass is 32.2. The summed E-state index contributed by atoms with van der Waals surface area (Å²) in [6.45, 7) is 3.89. The van der Waals surface area contributed by atoms with Crippen LogP contribution in [0.15, 0.2) is 4.79 Å². The largest absolute Gasteiger partial charge is 0.309 e. The Labute approximate surface area is 93.7 Å². The minimum absolute atomic E-state index is 0.0318. The van der Waals surface area contributed by atoms with Crippen LogP contribution in [0, 0.1) is 6.92 Å². The van der Waals surface area contributed by atoms with Gasteiger partial charge < -0.3 is 4.98 Å². The van der Waals surface area contributed by atoms with Gasteiger partial charge in [0, 0.05) is 5.56 Å². The first-order chi connectivity index (χ1) is 7.22. The molecule has 4 heteroatoms. The van der Waals surface area contributed by atoms with Crippen molar-refractivity contribution in [1.29, 1.82) is 0 Å². The van der Waals surface area contributed by atoms with E-state index in [9.17, 15) is 4.79 Å². The number of aromatic nitrogens is 2. The summed E-state index contributed by atoms with van der Waals surface area (Å²) in [4.78, 5) is 19.1. The number of nitrogens with zero attached hydrogens (tertiary/aromatic N) is 1. The standard InChI is InChI=1S/C11H16N2OS/c1-3-8-7(2)11(14)13-10(12-8)9-5-4-6-15-9/h9H,3-6H2,1-2H3,(H,12,13,14). The normalized spacial score (nSPS) is 20.8. The Bertz CT molecular complexity index is 408. The van der Waals surface area contributed by atoms with Crippen molar-refractivity contribution in [2.75, 3.05) is 5.75 Å². The summed E-state index contributed by atoms with van der Waals surface area (Å²) in [6, 6.07) is 0. The van der Waals surface area contributed by atoms with Gasteiger partial charge in [-0.3, -0.25) is 4.79 Å². The van der Waals surface area contributed by atoms with Crippen LogP contribution in [-0.2, 0) is 6.42 Å². The number of aryl methyl sites for hydroxylation is 1. The van der Waals surface area contributed by atoms with E-state index in [4.69, 9.17) is 0 Å². The van der Waals surface area contributed by atoms with Gasteiger partial charge in [0.1, 0.15) is 5.82 Å². The SMILES string of the molecule is CCc1nc(C2CCCS2)[nH]c(=O)c1C. The van der Waals surface area contributed by atoms with Gasteiger partial charge in [-0.1, -0.05) is 6.92 Å². The molecule has 3 nitrogen and oxygen atoms in total. The Morgan fingerprint density at radius 3 is 3.00 bits per heavy atom. The van der Waals surface area contributed by atoms with Crippen LogP contribution in [0.4, 0.5) is 0 Å². The first kappa shape index (κ1) is 10.7. The highest BCUT2D eigenvalue weighted by Gasteiger charge is 2.20. The van der Waals surface area contributed by atoms with Crippen molar-refractivity contribution in [3.63, 3.8) is 0 Å². The monoisotopic (exact) mass is 224 g/mol. The molecule has 1 aromatic rings. The van der Waals surface area contributed by atoms with Crippen LogP contribution in [0.2, 0.25) is 0 Å². The third-order valence-electron chi connectivity index (χ3n) is 2.84. The molecule has 82 valence electrons. The van der Waals surface area contributed by atoms with Gasteiger partial charge in [-0.2, -0.15) is 11.8 Å². The molecule has 1 aromatic heterocycles. The number of nitrogens with one attached hydrogen (secondary N) is 1. The third kappa shape index (κ3) is 2.09. The van der Waals surface area contributed by atoms with Gasteiger partial charge >= 0.3 is 0 Å². The fraction of sp³-hybridized carbons (Fsp3) is 0.636. The highest BCUT2D eigenvalue weighted by molar-refractivity contribution is 7.99. The summed E-state index contributed by atoms with van der Waals surface area (Å²) in [5.74, 6) is 2.06. The van der Waals surface area contributed by atoms with Gasteiger partial charge in [0.15, 0.2) is 0 Å². The first-order valence-corrected chi connectivity index (χ1v) is 6.48. The van der Waals surface area contributed by atoms with E-state index in [1.807, 2.05) is 25.6 Å². The first-order valence-electron chi connectivity index (χ1n) is 5.43. The molecule has 0 aromatic carbocycles. The van der Waals surface area contributed by atoms with E-state index in [1.54, 1.807) is 0 Å². The molecule has 1 unspecified atom stereocenters. The maximum Gasteiger partial charge on any atom is 0.254 e. The van der Waals surface area contributed by atoms with Crippen molar-refractivity contribution < 1.29 is 0 Å². The average molecular weight is 224 g/mol. The predicted octanol–water partition coefficient (Wildman–Crippen LogP) is 2.21. The molecular formula is C11H16N2OS. The molecule has 0 radical (unpaired) electrons. The van der Waals surface area contributed by atoms with Crippen molar-refractivity contribution in [2.24, 2.45) is 0 Å². The molecule has 0 aliphatic carbocycles. The molecule has 1 aliphatic rings. The molecule has 0 spiro atoms. The van der Waals surface area contributed by atoms with Crippen molar-refractivity contribution in [3.05, 3.63) is 27.4 Å². The zero-order valence-electron chi connectivity index (χ0n) is 9.17. The quantitative estimate of drug-likeness (QED) is 0.837. The second kappa shape index (κ2) is 4.39. The summed E-state index contributed by atoms with van der Waals surface area (Å²) in [7, 11) is 0. The molecule has 0 saturated carbocycles.